The molecule has 0 bridgehead atoms. The Morgan fingerprint density at radius 2 is 1.95 bits per heavy atom. The normalized spacial score (nSPS) is 22.5. The van der Waals surface area contributed by atoms with E-state index in [0.717, 1.165) is 0 Å². The number of alkyl halides is 3. The highest BCUT2D eigenvalue weighted by Gasteiger charge is 2.41. The summed E-state index contributed by atoms with van der Waals surface area (Å²) in [5, 5.41) is 9.95. The van der Waals surface area contributed by atoms with Gasteiger partial charge in [0.1, 0.15) is 5.75 Å². The average Bonchev–Trinajstić information content (AvgIpc) is 2.85. The lowest BCUT2D eigenvalue weighted by Crippen LogP contribution is -2.41. The van der Waals surface area contributed by atoms with E-state index in [2.05, 4.69) is 0 Å². The van der Waals surface area contributed by atoms with Crippen molar-refractivity contribution in [3.63, 3.8) is 0 Å². The fourth-order valence-electron chi connectivity index (χ4n) is 2.81. The van der Waals surface area contributed by atoms with E-state index in [1.807, 2.05) is 0 Å². The number of hydrogen-bond acceptors (Lipinski definition) is 4. The zero-order valence-corrected chi connectivity index (χ0v) is 11.3. The van der Waals surface area contributed by atoms with Gasteiger partial charge in [-0.25, -0.2) is 0 Å². The van der Waals surface area contributed by atoms with Gasteiger partial charge in [-0.2, -0.15) is 13.2 Å². The molecule has 1 N–H and O–H groups in total. The Morgan fingerprint density at radius 1 is 1.24 bits per heavy atom. The molecule has 1 atom stereocenters. The van der Waals surface area contributed by atoms with Crippen LogP contribution in [-0.2, 0) is 6.54 Å². The number of aromatic hydroxyl groups is 1. The van der Waals surface area contributed by atoms with Crippen molar-refractivity contribution in [3.05, 3.63) is 17.7 Å². The van der Waals surface area contributed by atoms with E-state index in [-0.39, 0.29) is 32.1 Å². The molecule has 2 aliphatic heterocycles. The SMILES string of the molecule is Oc1cc2c(cc1CN1CCC[C@H](C(F)(F)F)C1)OCO2. The largest absolute Gasteiger partial charge is 0.507 e. The molecule has 7 heteroatoms. The number of fused-ring (bicyclic) bond motifs is 1. The summed E-state index contributed by atoms with van der Waals surface area (Å²) < 4.78 is 48.8. The maximum Gasteiger partial charge on any atom is 0.393 e. The Hall–Kier alpha value is -1.63. The number of phenolic OH excluding ortho intramolecular Hbond substituents is 1. The third kappa shape index (κ3) is 3.02. The van der Waals surface area contributed by atoms with Crippen LogP contribution < -0.4 is 9.47 Å². The monoisotopic (exact) mass is 303 g/mol. The third-order valence-electron chi connectivity index (χ3n) is 3.94. The van der Waals surface area contributed by atoms with E-state index < -0.39 is 12.1 Å². The fourth-order valence-corrected chi connectivity index (χ4v) is 2.81. The van der Waals surface area contributed by atoms with Crippen molar-refractivity contribution in [1.29, 1.82) is 0 Å². The van der Waals surface area contributed by atoms with Crippen LogP contribution in [0.15, 0.2) is 12.1 Å². The molecule has 2 aliphatic rings. The number of piperidine rings is 1. The number of likely N-dealkylation sites (tertiary alicyclic amines) is 1. The molecule has 1 aromatic rings. The van der Waals surface area contributed by atoms with Gasteiger partial charge in [0.05, 0.1) is 5.92 Å². The van der Waals surface area contributed by atoms with Crippen LogP contribution in [0.25, 0.3) is 0 Å². The van der Waals surface area contributed by atoms with E-state index in [1.54, 1.807) is 11.0 Å². The lowest BCUT2D eigenvalue weighted by Gasteiger charge is -2.33. The molecule has 0 radical (unpaired) electrons. The Morgan fingerprint density at radius 3 is 2.67 bits per heavy atom. The molecule has 1 saturated heterocycles. The van der Waals surface area contributed by atoms with E-state index in [0.29, 0.717) is 30.0 Å². The number of halogens is 3. The first-order valence-corrected chi connectivity index (χ1v) is 6.84. The van der Waals surface area contributed by atoms with Crippen LogP contribution >= 0.6 is 0 Å². The molecule has 0 aromatic heterocycles. The number of nitrogens with zero attached hydrogens (tertiary/aromatic N) is 1. The molecule has 1 fully saturated rings. The second kappa shape index (κ2) is 5.29. The molecular weight excluding hydrogens is 287 g/mol. The fraction of sp³-hybridized carbons (Fsp3) is 0.571. The summed E-state index contributed by atoms with van der Waals surface area (Å²) >= 11 is 0. The van der Waals surface area contributed by atoms with E-state index in [4.69, 9.17) is 9.47 Å². The molecule has 21 heavy (non-hydrogen) atoms. The van der Waals surface area contributed by atoms with Gasteiger partial charge in [-0.1, -0.05) is 0 Å². The maximum absolute atomic E-state index is 12.8. The average molecular weight is 303 g/mol. The first kappa shape index (κ1) is 14.3. The number of ether oxygens (including phenoxy) is 2. The number of hydrogen-bond donors (Lipinski definition) is 1. The summed E-state index contributed by atoms with van der Waals surface area (Å²) in [5.74, 6) is -0.286. The van der Waals surface area contributed by atoms with Crippen LogP contribution in [0.2, 0.25) is 0 Å². The van der Waals surface area contributed by atoms with Gasteiger partial charge in [0.15, 0.2) is 11.5 Å². The first-order chi connectivity index (χ1) is 9.93. The summed E-state index contributed by atoms with van der Waals surface area (Å²) in [6, 6.07) is 3.08. The topological polar surface area (TPSA) is 41.9 Å². The summed E-state index contributed by atoms with van der Waals surface area (Å²) in [7, 11) is 0. The highest BCUT2D eigenvalue weighted by molar-refractivity contribution is 5.51. The molecule has 0 unspecified atom stereocenters. The van der Waals surface area contributed by atoms with Crippen molar-refractivity contribution < 1.29 is 27.8 Å². The summed E-state index contributed by atoms with van der Waals surface area (Å²) in [5.41, 5.74) is 0.557. The van der Waals surface area contributed by atoms with Crippen LogP contribution in [-0.4, -0.2) is 36.1 Å². The quantitative estimate of drug-likeness (QED) is 0.912. The number of rotatable bonds is 2. The molecular formula is C14H16F3NO3. The number of benzene rings is 1. The molecule has 0 aliphatic carbocycles. The lowest BCUT2D eigenvalue weighted by molar-refractivity contribution is -0.187. The zero-order chi connectivity index (χ0) is 15.0. The first-order valence-electron chi connectivity index (χ1n) is 6.84. The minimum absolute atomic E-state index is 0.0217. The second-order valence-electron chi connectivity index (χ2n) is 5.45. The maximum atomic E-state index is 12.8. The predicted molar refractivity (Wildman–Crippen MR) is 68.3 cm³/mol. The molecule has 116 valence electrons. The second-order valence-corrected chi connectivity index (χ2v) is 5.45. The van der Waals surface area contributed by atoms with Crippen molar-refractivity contribution >= 4 is 0 Å². The Balaban J connectivity index is 1.72. The van der Waals surface area contributed by atoms with Gasteiger partial charge in [-0.3, -0.25) is 4.90 Å². The van der Waals surface area contributed by atoms with Gasteiger partial charge >= 0.3 is 6.18 Å². The summed E-state index contributed by atoms with van der Waals surface area (Å²) in [6.45, 7) is 0.936. The minimum atomic E-state index is -4.16. The molecule has 0 saturated carbocycles. The van der Waals surface area contributed by atoms with E-state index >= 15 is 0 Å². The molecule has 3 rings (SSSR count). The summed E-state index contributed by atoms with van der Waals surface area (Å²) in [6.07, 6.45) is -3.47. The molecule has 0 spiro atoms. The van der Waals surface area contributed by atoms with Crippen LogP contribution in [0.3, 0.4) is 0 Å². The Labute approximate surface area is 120 Å². The highest BCUT2D eigenvalue weighted by atomic mass is 19.4. The smallest absolute Gasteiger partial charge is 0.393 e. The van der Waals surface area contributed by atoms with Crippen molar-refractivity contribution in [1.82, 2.24) is 4.90 Å². The van der Waals surface area contributed by atoms with Gasteiger partial charge in [0, 0.05) is 24.7 Å². The van der Waals surface area contributed by atoms with Gasteiger partial charge < -0.3 is 14.6 Å². The van der Waals surface area contributed by atoms with Crippen LogP contribution in [0.1, 0.15) is 18.4 Å². The minimum Gasteiger partial charge on any atom is -0.507 e. The lowest BCUT2D eigenvalue weighted by atomic mass is 9.97. The van der Waals surface area contributed by atoms with Crippen molar-refractivity contribution in [2.45, 2.75) is 25.6 Å². The van der Waals surface area contributed by atoms with Gasteiger partial charge in [0.2, 0.25) is 6.79 Å². The van der Waals surface area contributed by atoms with Gasteiger partial charge in [-0.05, 0) is 25.5 Å². The van der Waals surface area contributed by atoms with E-state index in [9.17, 15) is 18.3 Å². The Bertz CT molecular complexity index is 533. The van der Waals surface area contributed by atoms with Gasteiger partial charge in [-0.15, -0.1) is 0 Å². The molecule has 4 nitrogen and oxygen atoms in total. The molecule has 0 amide bonds. The van der Waals surface area contributed by atoms with Crippen LogP contribution in [0.5, 0.6) is 17.2 Å². The summed E-state index contributed by atoms with van der Waals surface area (Å²) in [4.78, 5) is 1.72. The third-order valence-corrected chi connectivity index (χ3v) is 3.94. The highest BCUT2D eigenvalue weighted by Crippen LogP contribution is 2.39. The number of phenols is 1. The predicted octanol–water partition coefficient (Wildman–Crippen LogP) is 2.90. The standard InChI is InChI=1S/C14H16F3NO3/c15-14(16,17)10-2-1-3-18(7-10)6-9-4-12-13(5-11(9)19)21-8-20-12/h4-5,10,19H,1-3,6-8H2/t10-/m0/s1. The van der Waals surface area contributed by atoms with Crippen molar-refractivity contribution in [3.8, 4) is 17.2 Å². The zero-order valence-electron chi connectivity index (χ0n) is 11.3. The van der Waals surface area contributed by atoms with Crippen LogP contribution in [0, 0.1) is 5.92 Å². The molecule has 2 heterocycles. The van der Waals surface area contributed by atoms with Gasteiger partial charge in [0.25, 0.3) is 0 Å². The van der Waals surface area contributed by atoms with Crippen molar-refractivity contribution in [2.24, 2.45) is 5.92 Å². The van der Waals surface area contributed by atoms with Crippen molar-refractivity contribution in [2.75, 3.05) is 19.9 Å². The van der Waals surface area contributed by atoms with E-state index in [1.165, 1.54) is 6.07 Å². The molecule has 1 aromatic carbocycles. The van der Waals surface area contributed by atoms with Crippen LogP contribution in [0.4, 0.5) is 13.2 Å². The Kier molecular flexibility index (Phi) is 3.61.